The third-order valence-corrected chi connectivity index (χ3v) is 7.29. The van der Waals surface area contributed by atoms with Gasteiger partial charge in [-0.15, -0.1) is 11.3 Å². The highest BCUT2D eigenvalue weighted by atomic mass is 32.1. The molecule has 5 rings (SSSR count). The molecule has 6 nitrogen and oxygen atoms in total. The van der Waals surface area contributed by atoms with Crippen LogP contribution in [-0.2, 0) is 11.3 Å². The van der Waals surface area contributed by atoms with Crippen molar-refractivity contribution in [1.29, 1.82) is 0 Å². The Labute approximate surface area is 202 Å². The summed E-state index contributed by atoms with van der Waals surface area (Å²) in [5, 5.41) is 4.96. The van der Waals surface area contributed by atoms with Crippen molar-refractivity contribution in [3.63, 3.8) is 0 Å². The molecule has 1 amide bonds. The monoisotopic (exact) mass is 472 g/mol. The van der Waals surface area contributed by atoms with Crippen molar-refractivity contribution in [1.82, 2.24) is 9.55 Å². The van der Waals surface area contributed by atoms with Crippen LogP contribution in [0.4, 0.5) is 11.6 Å². The molecule has 2 aromatic carbocycles. The fourth-order valence-corrected chi connectivity index (χ4v) is 5.22. The van der Waals surface area contributed by atoms with Gasteiger partial charge in [0.05, 0.1) is 18.0 Å². The van der Waals surface area contributed by atoms with Crippen LogP contribution in [0.1, 0.15) is 29.5 Å². The Morgan fingerprint density at radius 3 is 2.50 bits per heavy atom. The number of fused-ring (bicyclic) bond motifs is 1. The summed E-state index contributed by atoms with van der Waals surface area (Å²) in [5.74, 6) is 0.486. The molecule has 1 atom stereocenters. The van der Waals surface area contributed by atoms with Gasteiger partial charge in [-0.05, 0) is 55.8 Å². The molecular weight excluding hydrogens is 444 g/mol. The number of carbonyl (C=O) groups excluding carboxylic acids is 1. The predicted molar refractivity (Wildman–Crippen MR) is 139 cm³/mol. The van der Waals surface area contributed by atoms with Gasteiger partial charge in [-0.2, -0.15) is 0 Å². The molecule has 174 valence electrons. The first-order valence-corrected chi connectivity index (χ1v) is 12.5. The van der Waals surface area contributed by atoms with Crippen molar-refractivity contribution in [3.8, 4) is 0 Å². The molecule has 1 fully saturated rings. The number of piperidine rings is 1. The molecule has 3 heterocycles. The number of thiophene rings is 1. The first-order valence-electron chi connectivity index (χ1n) is 11.6. The highest BCUT2D eigenvalue weighted by Gasteiger charge is 2.29. The van der Waals surface area contributed by atoms with E-state index in [0.717, 1.165) is 41.7 Å². The minimum atomic E-state index is -0.169. The molecule has 4 aromatic rings. The summed E-state index contributed by atoms with van der Waals surface area (Å²) in [5.41, 5.74) is 4.89. The molecule has 0 aliphatic carbocycles. The normalized spacial score (nSPS) is 16.1. The number of anilines is 2. The quantitative estimate of drug-likeness (QED) is 0.445. The van der Waals surface area contributed by atoms with E-state index in [0.29, 0.717) is 23.7 Å². The molecule has 0 unspecified atom stereocenters. The van der Waals surface area contributed by atoms with E-state index in [9.17, 15) is 9.59 Å². The smallest absolute Gasteiger partial charge is 0.273 e. The molecular formula is C27H28N4O2S. The standard InChI is InChI=1S/C27H28N4O2S/c1-18-5-9-20(10-6-18)16-31-26(33)24-23(13-15-34-24)29-27(31)30-14-3-4-21(17-30)25(32)28-22-11-7-19(2)8-12-22/h5-13,15,21H,3-4,14,16-17H2,1-2H3,(H,28,32)/t21-/m1/s1. The van der Waals surface area contributed by atoms with Gasteiger partial charge in [-0.1, -0.05) is 47.5 Å². The fourth-order valence-electron chi connectivity index (χ4n) is 4.45. The van der Waals surface area contributed by atoms with Gasteiger partial charge >= 0.3 is 0 Å². The zero-order valence-corrected chi connectivity index (χ0v) is 20.3. The minimum absolute atomic E-state index is 0.0117. The van der Waals surface area contributed by atoms with Gasteiger partial charge in [-0.25, -0.2) is 4.98 Å². The van der Waals surface area contributed by atoms with Crippen LogP contribution in [0.15, 0.2) is 64.8 Å². The van der Waals surface area contributed by atoms with Crippen LogP contribution < -0.4 is 15.8 Å². The molecule has 0 bridgehead atoms. The van der Waals surface area contributed by atoms with Gasteiger partial charge in [0.15, 0.2) is 0 Å². The Kier molecular flexibility index (Phi) is 6.20. The highest BCUT2D eigenvalue weighted by Crippen LogP contribution is 2.26. The maximum absolute atomic E-state index is 13.4. The van der Waals surface area contributed by atoms with Crippen molar-refractivity contribution in [2.75, 3.05) is 23.3 Å². The second kappa shape index (κ2) is 9.43. The van der Waals surface area contributed by atoms with E-state index < -0.39 is 0 Å². The van der Waals surface area contributed by atoms with E-state index >= 15 is 0 Å². The summed E-state index contributed by atoms with van der Waals surface area (Å²) in [6.07, 6.45) is 1.69. The number of benzene rings is 2. The molecule has 0 saturated carbocycles. The number of carbonyl (C=O) groups is 1. The van der Waals surface area contributed by atoms with E-state index in [4.69, 9.17) is 4.98 Å². The average Bonchev–Trinajstić information content (AvgIpc) is 3.33. The van der Waals surface area contributed by atoms with Crippen LogP contribution >= 0.6 is 11.3 Å². The maximum atomic E-state index is 13.4. The molecule has 7 heteroatoms. The summed E-state index contributed by atoms with van der Waals surface area (Å²) in [7, 11) is 0. The fraction of sp³-hybridized carbons (Fsp3) is 0.296. The lowest BCUT2D eigenvalue weighted by atomic mass is 9.97. The van der Waals surface area contributed by atoms with Crippen molar-refractivity contribution in [3.05, 3.63) is 87.0 Å². The zero-order valence-electron chi connectivity index (χ0n) is 19.5. The SMILES string of the molecule is Cc1ccc(Cn2c(N3CCC[C@@H](C(=O)Nc4ccc(C)cc4)C3)nc3ccsc3c2=O)cc1. The van der Waals surface area contributed by atoms with Crippen molar-refractivity contribution in [2.24, 2.45) is 5.92 Å². The minimum Gasteiger partial charge on any atom is -0.341 e. The summed E-state index contributed by atoms with van der Waals surface area (Å²) in [6.45, 7) is 5.83. The van der Waals surface area contributed by atoms with Gasteiger partial charge in [0.25, 0.3) is 5.56 Å². The van der Waals surface area contributed by atoms with Crippen molar-refractivity contribution >= 4 is 39.1 Å². The second-order valence-corrected chi connectivity index (χ2v) is 9.98. The van der Waals surface area contributed by atoms with Crippen LogP contribution in [-0.4, -0.2) is 28.5 Å². The number of aromatic nitrogens is 2. The number of amides is 1. The lowest BCUT2D eigenvalue weighted by Crippen LogP contribution is -2.43. The van der Waals surface area contributed by atoms with Gasteiger partial charge < -0.3 is 10.2 Å². The van der Waals surface area contributed by atoms with Crippen LogP contribution in [0, 0.1) is 19.8 Å². The van der Waals surface area contributed by atoms with Crippen molar-refractivity contribution in [2.45, 2.75) is 33.2 Å². The molecule has 34 heavy (non-hydrogen) atoms. The average molecular weight is 473 g/mol. The lowest BCUT2D eigenvalue weighted by molar-refractivity contribution is -0.120. The van der Waals surface area contributed by atoms with E-state index in [1.165, 1.54) is 16.9 Å². The third kappa shape index (κ3) is 4.61. The maximum Gasteiger partial charge on any atom is 0.273 e. The van der Waals surface area contributed by atoms with Gasteiger partial charge in [0.1, 0.15) is 4.70 Å². The van der Waals surface area contributed by atoms with Gasteiger partial charge in [-0.3, -0.25) is 14.2 Å². The number of nitrogens with one attached hydrogen (secondary N) is 1. The highest BCUT2D eigenvalue weighted by molar-refractivity contribution is 7.17. The molecule has 1 aliphatic rings. The number of hydrogen-bond acceptors (Lipinski definition) is 5. The van der Waals surface area contributed by atoms with E-state index in [-0.39, 0.29) is 17.4 Å². The number of nitrogens with zero attached hydrogens (tertiary/aromatic N) is 3. The van der Waals surface area contributed by atoms with Gasteiger partial charge in [0.2, 0.25) is 11.9 Å². The largest absolute Gasteiger partial charge is 0.341 e. The van der Waals surface area contributed by atoms with Crippen LogP contribution in [0.2, 0.25) is 0 Å². The summed E-state index contributed by atoms with van der Waals surface area (Å²) in [4.78, 5) is 33.5. The first-order chi connectivity index (χ1) is 16.5. The van der Waals surface area contributed by atoms with E-state index in [2.05, 4.69) is 41.4 Å². The van der Waals surface area contributed by atoms with Crippen LogP contribution in [0.5, 0.6) is 0 Å². The van der Waals surface area contributed by atoms with Crippen LogP contribution in [0.3, 0.4) is 0 Å². The number of hydrogen-bond donors (Lipinski definition) is 1. The van der Waals surface area contributed by atoms with Crippen molar-refractivity contribution < 1.29 is 4.79 Å². The second-order valence-electron chi connectivity index (χ2n) is 9.06. The summed E-state index contributed by atoms with van der Waals surface area (Å²) >= 11 is 1.43. The van der Waals surface area contributed by atoms with E-state index in [1.807, 2.05) is 42.6 Å². The lowest BCUT2D eigenvalue weighted by Gasteiger charge is -2.34. The zero-order chi connectivity index (χ0) is 23.7. The molecule has 0 radical (unpaired) electrons. The van der Waals surface area contributed by atoms with Gasteiger partial charge in [0, 0.05) is 18.8 Å². The Morgan fingerprint density at radius 1 is 1.06 bits per heavy atom. The van der Waals surface area contributed by atoms with E-state index in [1.54, 1.807) is 4.57 Å². The Bertz CT molecular complexity index is 1370. The van der Waals surface area contributed by atoms with Crippen LogP contribution in [0.25, 0.3) is 10.2 Å². The Balaban J connectivity index is 1.44. The summed E-state index contributed by atoms with van der Waals surface area (Å²) in [6, 6.07) is 18.0. The molecule has 1 saturated heterocycles. The summed E-state index contributed by atoms with van der Waals surface area (Å²) < 4.78 is 2.44. The number of aryl methyl sites for hydroxylation is 2. The first kappa shape index (κ1) is 22.3. The number of rotatable bonds is 5. The topological polar surface area (TPSA) is 67.2 Å². The molecule has 1 aliphatic heterocycles. The molecule has 0 spiro atoms. The molecule has 1 N–H and O–H groups in total. The Morgan fingerprint density at radius 2 is 1.76 bits per heavy atom. The third-order valence-electron chi connectivity index (χ3n) is 6.40. The predicted octanol–water partition coefficient (Wildman–Crippen LogP) is 4.98. The molecule has 2 aromatic heterocycles. The Hall–Kier alpha value is -3.45.